The third kappa shape index (κ3) is 5.82. The van der Waals surface area contributed by atoms with E-state index in [4.69, 9.17) is 34.8 Å². The lowest BCUT2D eigenvalue weighted by Gasteiger charge is -2.17. The van der Waals surface area contributed by atoms with Crippen molar-refractivity contribution < 1.29 is 13.2 Å². The monoisotopic (exact) mass is 496 g/mol. The second-order valence-electron chi connectivity index (χ2n) is 5.85. The van der Waals surface area contributed by atoms with Gasteiger partial charge in [-0.05, 0) is 26.0 Å². The van der Waals surface area contributed by atoms with Crippen LogP contribution in [0.25, 0.3) is 0 Å². The topological polar surface area (TPSA) is 92.3 Å². The Kier molecular flexibility index (Phi) is 8.30. The highest BCUT2D eigenvalue weighted by Gasteiger charge is 2.30. The smallest absolute Gasteiger partial charge is 0.245 e. The van der Waals surface area contributed by atoms with Gasteiger partial charge in [-0.25, -0.2) is 13.4 Å². The Hall–Kier alpha value is -1.39. The molecule has 0 bridgehead atoms. The Bertz CT molecular complexity index is 984. The number of amides is 1. The van der Waals surface area contributed by atoms with Gasteiger partial charge in [0.15, 0.2) is 5.82 Å². The van der Waals surface area contributed by atoms with E-state index < -0.39 is 15.3 Å². The molecule has 0 aliphatic rings. The van der Waals surface area contributed by atoms with Crippen molar-refractivity contribution in [1.82, 2.24) is 14.3 Å². The summed E-state index contributed by atoms with van der Waals surface area (Å²) in [6.45, 7) is 8.47. The van der Waals surface area contributed by atoms with Gasteiger partial charge in [-0.2, -0.15) is 4.37 Å². The minimum Gasteiger partial charge on any atom is -0.343 e. The molecule has 0 fully saturated rings. The van der Waals surface area contributed by atoms with Crippen molar-refractivity contribution >= 4 is 67.4 Å². The van der Waals surface area contributed by atoms with E-state index in [0.717, 1.165) is 11.5 Å². The van der Waals surface area contributed by atoms with E-state index in [2.05, 4.69) is 20.7 Å². The van der Waals surface area contributed by atoms with Crippen LogP contribution in [0.15, 0.2) is 24.8 Å². The van der Waals surface area contributed by atoms with Crippen molar-refractivity contribution in [2.75, 3.05) is 17.8 Å². The summed E-state index contributed by atoms with van der Waals surface area (Å²) in [5.41, 5.74) is 0.154. The number of anilines is 1. The molecule has 29 heavy (non-hydrogen) atoms. The van der Waals surface area contributed by atoms with Gasteiger partial charge in [0.05, 0.1) is 6.42 Å². The zero-order valence-corrected chi connectivity index (χ0v) is 19.6. The highest BCUT2D eigenvalue weighted by Crippen LogP contribution is 2.38. The molecule has 0 aliphatic carbocycles. The number of sulfonamides is 1. The first-order valence-corrected chi connectivity index (χ1v) is 12.0. The Morgan fingerprint density at radius 2 is 1.86 bits per heavy atom. The number of carbonyl (C=O) groups excluding carboxylic acids is 1. The molecule has 0 saturated heterocycles. The van der Waals surface area contributed by atoms with Crippen molar-refractivity contribution in [2.24, 2.45) is 0 Å². The molecule has 1 N–H and O–H groups in total. The van der Waals surface area contributed by atoms with Crippen LogP contribution >= 0.6 is 46.3 Å². The maximum atomic E-state index is 12.9. The predicted molar refractivity (Wildman–Crippen MR) is 118 cm³/mol. The van der Waals surface area contributed by atoms with Crippen LogP contribution in [-0.2, 0) is 21.2 Å². The zero-order valence-electron chi connectivity index (χ0n) is 15.7. The molecule has 2 aromatic rings. The van der Waals surface area contributed by atoms with Crippen LogP contribution in [0.4, 0.5) is 5.13 Å². The lowest BCUT2D eigenvalue weighted by atomic mass is 10.1. The molecule has 0 radical (unpaired) electrons. The zero-order chi connectivity index (χ0) is 21.8. The third-order valence-electron chi connectivity index (χ3n) is 4.00. The van der Waals surface area contributed by atoms with E-state index in [-0.39, 0.29) is 43.9 Å². The van der Waals surface area contributed by atoms with E-state index in [1.165, 1.54) is 18.2 Å². The predicted octanol–water partition coefficient (Wildman–Crippen LogP) is 4.58. The number of halogens is 3. The summed E-state index contributed by atoms with van der Waals surface area (Å²) < 4.78 is 32.2. The number of likely N-dealkylation sites (N-methyl/N-ethyl adjacent to an activating group) is 1. The first kappa shape index (κ1) is 23.9. The first-order valence-electron chi connectivity index (χ1n) is 8.51. The average Bonchev–Trinajstić information content (AvgIpc) is 3.04. The molecule has 1 heterocycles. The highest BCUT2D eigenvalue weighted by atomic mass is 35.5. The maximum Gasteiger partial charge on any atom is 0.245 e. The van der Waals surface area contributed by atoms with Gasteiger partial charge >= 0.3 is 0 Å². The molecule has 0 spiro atoms. The molecule has 12 heteroatoms. The molecule has 1 aromatic heterocycles. The van der Waals surface area contributed by atoms with E-state index in [1.54, 1.807) is 4.90 Å². The van der Waals surface area contributed by atoms with Gasteiger partial charge in [0.1, 0.15) is 5.25 Å². The van der Waals surface area contributed by atoms with Crippen LogP contribution in [0.2, 0.25) is 15.1 Å². The number of hydrogen-bond acceptors (Lipinski definition) is 6. The molecule has 1 amide bonds. The van der Waals surface area contributed by atoms with Gasteiger partial charge in [0, 0.05) is 45.3 Å². The van der Waals surface area contributed by atoms with Crippen molar-refractivity contribution in [3.63, 3.8) is 0 Å². The summed E-state index contributed by atoms with van der Waals surface area (Å²) in [4.78, 5) is 17.9. The fraction of sp³-hybridized carbons (Fsp3) is 0.353. The van der Waals surface area contributed by atoms with Crippen LogP contribution in [0.3, 0.4) is 0 Å². The van der Waals surface area contributed by atoms with Gasteiger partial charge in [0.2, 0.25) is 21.1 Å². The largest absolute Gasteiger partial charge is 0.343 e. The maximum absolute atomic E-state index is 12.9. The van der Waals surface area contributed by atoms with Gasteiger partial charge < -0.3 is 4.90 Å². The number of hydrogen-bond donors (Lipinski definition) is 1. The molecule has 1 unspecified atom stereocenters. The molecule has 1 aromatic carbocycles. The van der Waals surface area contributed by atoms with Gasteiger partial charge in [-0.1, -0.05) is 40.9 Å². The number of nitrogens with zero attached hydrogens (tertiary/aromatic N) is 3. The standard InChI is InChI=1S/C17H19Cl3N4O3S2/c1-4-13(16-11(19)7-10(18)8-12(16)20)29(26,27)23-17-21-14(22-28-17)9-15(25)24(5-2)6-3/h4,7-8,13H,1,5-6,9H2,2-3H3,(H,21,22,23). The fourth-order valence-electron chi connectivity index (χ4n) is 2.60. The van der Waals surface area contributed by atoms with E-state index in [9.17, 15) is 13.2 Å². The Morgan fingerprint density at radius 3 is 2.38 bits per heavy atom. The summed E-state index contributed by atoms with van der Waals surface area (Å²) >= 11 is 19.0. The molecule has 7 nitrogen and oxygen atoms in total. The van der Waals surface area contributed by atoms with Crippen LogP contribution in [0.5, 0.6) is 0 Å². The number of aromatic nitrogens is 2. The Balaban J connectivity index is 2.24. The minimum absolute atomic E-state index is 0.0143. The van der Waals surface area contributed by atoms with Crippen molar-refractivity contribution in [2.45, 2.75) is 25.5 Å². The summed E-state index contributed by atoms with van der Waals surface area (Å²) in [7, 11) is -4.04. The normalized spacial score (nSPS) is 12.4. The Labute approximate surface area is 188 Å². The average molecular weight is 498 g/mol. The van der Waals surface area contributed by atoms with Crippen molar-refractivity contribution in [1.29, 1.82) is 0 Å². The fourth-order valence-corrected chi connectivity index (χ4v) is 5.96. The molecule has 1 atom stereocenters. The molecule has 0 aliphatic heterocycles. The number of nitrogens with one attached hydrogen (secondary N) is 1. The van der Waals surface area contributed by atoms with Gasteiger partial charge in [0.25, 0.3) is 0 Å². The molecular formula is C17H19Cl3N4O3S2. The van der Waals surface area contributed by atoms with Gasteiger partial charge in [-0.15, -0.1) is 6.58 Å². The van der Waals surface area contributed by atoms with Gasteiger partial charge in [-0.3, -0.25) is 9.52 Å². The number of rotatable bonds is 9. The van der Waals surface area contributed by atoms with Crippen LogP contribution in [-0.4, -0.2) is 41.7 Å². The van der Waals surface area contributed by atoms with Crippen LogP contribution in [0, 0.1) is 0 Å². The van der Waals surface area contributed by atoms with Crippen molar-refractivity contribution in [3.8, 4) is 0 Å². The summed E-state index contributed by atoms with van der Waals surface area (Å²) in [5.74, 6) is 0.105. The van der Waals surface area contributed by atoms with E-state index in [0.29, 0.717) is 13.1 Å². The Morgan fingerprint density at radius 1 is 1.28 bits per heavy atom. The van der Waals surface area contributed by atoms with Crippen LogP contribution < -0.4 is 4.72 Å². The lowest BCUT2D eigenvalue weighted by Crippen LogP contribution is -2.32. The molecular weight excluding hydrogens is 479 g/mol. The molecule has 2 rings (SSSR count). The minimum atomic E-state index is -4.04. The number of carbonyl (C=O) groups is 1. The van der Waals surface area contributed by atoms with E-state index >= 15 is 0 Å². The third-order valence-corrected chi connectivity index (χ3v) is 7.22. The second kappa shape index (κ2) is 10.1. The highest BCUT2D eigenvalue weighted by molar-refractivity contribution is 7.93. The lowest BCUT2D eigenvalue weighted by molar-refractivity contribution is -0.130. The second-order valence-corrected chi connectivity index (χ2v) is 9.65. The van der Waals surface area contributed by atoms with Crippen molar-refractivity contribution in [3.05, 3.63) is 51.2 Å². The van der Waals surface area contributed by atoms with E-state index in [1.807, 2.05) is 13.8 Å². The summed E-state index contributed by atoms with van der Waals surface area (Å²) in [6, 6.07) is 2.80. The molecule has 0 saturated carbocycles. The quantitative estimate of drug-likeness (QED) is 0.512. The van der Waals surface area contributed by atoms with Crippen LogP contribution in [0.1, 0.15) is 30.5 Å². The first-order chi connectivity index (χ1) is 13.6. The summed E-state index contributed by atoms with van der Waals surface area (Å²) in [6.07, 6.45) is 1.19. The molecule has 158 valence electrons. The summed E-state index contributed by atoms with van der Waals surface area (Å²) in [5, 5.41) is -0.741. The number of benzene rings is 1. The SMILES string of the molecule is C=CC(c1c(Cl)cc(Cl)cc1Cl)S(=O)(=O)Nc1nc(CC(=O)N(CC)CC)ns1.